The molecule has 4 aromatic rings. The number of nitrogens with one attached hydrogen (secondary N) is 3. The van der Waals surface area contributed by atoms with Crippen LogP contribution >= 0.6 is 0 Å². The quantitative estimate of drug-likeness (QED) is 0.228. The number of fused-ring (bicyclic) bond motifs is 1. The molecule has 0 saturated heterocycles. The molecule has 0 bridgehead atoms. The molecule has 2 aromatic heterocycles. The monoisotopic (exact) mass is 485 g/mol. The molecule has 0 radical (unpaired) electrons. The average molecular weight is 485 g/mol. The Kier molecular flexibility index (Phi) is 5.97. The van der Waals surface area contributed by atoms with Crippen LogP contribution < -0.4 is 10.8 Å². The number of carbonyl (C=O) groups excluding carboxylic acids is 1. The molecular formula is C23H19F4N7O. The first kappa shape index (κ1) is 23.8. The molecule has 2 aromatic carbocycles. The number of aromatic nitrogens is 4. The van der Waals surface area contributed by atoms with Crippen LogP contribution in [0, 0.1) is 22.5 Å². The van der Waals surface area contributed by atoms with Crippen molar-refractivity contribution in [2.45, 2.75) is 12.8 Å². The van der Waals surface area contributed by atoms with Crippen LogP contribution in [0.15, 0.2) is 48.7 Å². The van der Waals surface area contributed by atoms with Gasteiger partial charge in [0.1, 0.15) is 17.1 Å². The number of alkyl halides is 2. The summed E-state index contributed by atoms with van der Waals surface area (Å²) in [6.45, 7) is 1.98. The lowest BCUT2D eigenvalue weighted by Crippen LogP contribution is -2.40. The van der Waals surface area contributed by atoms with Crippen LogP contribution in [0.25, 0.3) is 22.2 Å². The Balaban J connectivity index is 1.74. The number of carbonyl (C=O) groups is 1. The second kappa shape index (κ2) is 8.78. The molecule has 35 heavy (non-hydrogen) atoms. The van der Waals surface area contributed by atoms with E-state index in [-0.39, 0.29) is 27.7 Å². The zero-order valence-electron chi connectivity index (χ0n) is 18.5. The fourth-order valence-electron chi connectivity index (χ4n) is 3.53. The van der Waals surface area contributed by atoms with Crippen molar-refractivity contribution in [2.24, 2.45) is 7.05 Å². The van der Waals surface area contributed by atoms with Gasteiger partial charge in [0.15, 0.2) is 5.84 Å². The van der Waals surface area contributed by atoms with Gasteiger partial charge in [-0.3, -0.25) is 20.3 Å². The number of hydrogen-bond donors (Lipinski definition) is 3. The Bertz CT molecular complexity index is 1540. The minimum Gasteiger partial charge on any atom is -0.352 e. The Morgan fingerprint density at radius 3 is 2.51 bits per heavy atom. The Morgan fingerprint density at radius 2 is 1.83 bits per heavy atom. The molecule has 8 nitrogen and oxygen atoms in total. The molecule has 4 rings (SSSR count). The summed E-state index contributed by atoms with van der Waals surface area (Å²) >= 11 is 0. The number of rotatable bonds is 5. The van der Waals surface area contributed by atoms with E-state index >= 15 is 8.78 Å². The van der Waals surface area contributed by atoms with Crippen LogP contribution in [0.5, 0.6) is 0 Å². The van der Waals surface area contributed by atoms with E-state index in [0.717, 1.165) is 24.3 Å². The first-order valence-corrected chi connectivity index (χ1v) is 10.4. The summed E-state index contributed by atoms with van der Waals surface area (Å²) in [5.41, 5.74) is -1.58. The van der Waals surface area contributed by atoms with E-state index in [0.29, 0.717) is 11.2 Å². The normalized spacial score (nSPS) is 11.6. The van der Waals surface area contributed by atoms with Gasteiger partial charge in [0.2, 0.25) is 0 Å². The van der Waals surface area contributed by atoms with E-state index in [2.05, 4.69) is 15.5 Å². The third kappa shape index (κ3) is 4.29. The summed E-state index contributed by atoms with van der Waals surface area (Å²) in [5, 5.41) is 26.6. The minimum absolute atomic E-state index is 0.0360. The second-order valence-electron chi connectivity index (χ2n) is 7.69. The molecule has 0 aliphatic carbocycles. The van der Waals surface area contributed by atoms with E-state index in [1.165, 1.54) is 29.1 Å². The van der Waals surface area contributed by atoms with Crippen molar-refractivity contribution in [3.8, 4) is 11.3 Å². The van der Waals surface area contributed by atoms with E-state index < -0.39 is 40.4 Å². The van der Waals surface area contributed by atoms with E-state index in [9.17, 15) is 13.6 Å². The highest BCUT2D eigenvalue weighted by atomic mass is 19.3. The van der Waals surface area contributed by atoms with Crippen molar-refractivity contribution in [3.63, 3.8) is 0 Å². The van der Waals surface area contributed by atoms with Gasteiger partial charge in [-0.15, -0.1) is 0 Å². The molecule has 0 spiro atoms. The Hall–Kier alpha value is -4.35. The largest absolute Gasteiger partial charge is 0.352 e. The van der Waals surface area contributed by atoms with Crippen LogP contribution in [0.2, 0.25) is 0 Å². The van der Waals surface area contributed by atoms with Gasteiger partial charge in [0.05, 0.1) is 22.3 Å². The van der Waals surface area contributed by atoms with E-state index in [1.807, 2.05) is 0 Å². The maximum absolute atomic E-state index is 15.3. The summed E-state index contributed by atoms with van der Waals surface area (Å²) < 4.78 is 61.3. The average Bonchev–Trinajstić information content (AvgIpc) is 3.17. The molecular weight excluding hydrogens is 466 g/mol. The van der Waals surface area contributed by atoms with Crippen molar-refractivity contribution in [2.75, 3.05) is 6.54 Å². The molecule has 12 heteroatoms. The lowest BCUT2D eigenvalue weighted by molar-refractivity contribution is 0.0656. The van der Waals surface area contributed by atoms with Crippen molar-refractivity contribution >= 4 is 22.6 Å². The third-order valence-electron chi connectivity index (χ3n) is 5.24. The zero-order chi connectivity index (χ0) is 25.5. The molecule has 2 heterocycles. The van der Waals surface area contributed by atoms with Gasteiger partial charge in [-0.2, -0.15) is 23.7 Å². The summed E-state index contributed by atoms with van der Waals surface area (Å²) in [6, 6.07) is 7.71. The molecule has 0 saturated carbocycles. The number of hydrogen-bond acceptors (Lipinski definition) is 5. The highest BCUT2D eigenvalue weighted by Gasteiger charge is 2.42. The number of aryl methyl sites for hydroxylation is 1. The summed E-state index contributed by atoms with van der Waals surface area (Å²) in [7, 11) is 1.56. The van der Waals surface area contributed by atoms with Gasteiger partial charge < -0.3 is 5.32 Å². The van der Waals surface area contributed by atoms with Gasteiger partial charge in [-0.25, -0.2) is 8.78 Å². The van der Waals surface area contributed by atoms with Crippen molar-refractivity contribution in [1.82, 2.24) is 24.9 Å². The fraction of sp³-hybridized carbons (Fsp3) is 0.174. The SMILES string of the molecule is CCNC(=O)c1ccc(-c2ccc(=N)n(C(=N)C(F)(F)c3cc4cn(C)nc4cc3F)n2)cc1F. The van der Waals surface area contributed by atoms with Crippen LogP contribution in [-0.4, -0.2) is 37.8 Å². The standard InChI is InChI=1S/C23H19F4N7O/c1-3-30-21(35)14-5-4-12(9-16(14)24)18-6-7-20(28)34(32-18)22(29)23(26,27)15-8-13-11-33(2)31-19(13)10-17(15)25/h4-11,28-29H,3H2,1-2H3,(H,30,35). The molecule has 180 valence electrons. The first-order valence-electron chi connectivity index (χ1n) is 10.4. The highest BCUT2D eigenvalue weighted by Crippen LogP contribution is 2.34. The predicted octanol–water partition coefficient (Wildman–Crippen LogP) is 3.56. The number of nitrogens with zero attached hydrogens (tertiary/aromatic N) is 4. The minimum atomic E-state index is -4.16. The molecule has 3 N–H and O–H groups in total. The van der Waals surface area contributed by atoms with Gasteiger partial charge in [0.25, 0.3) is 5.91 Å². The van der Waals surface area contributed by atoms with Crippen LogP contribution in [0.3, 0.4) is 0 Å². The fourth-order valence-corrected chi connectivity index (χ4v) is 3.53. The smallest absolute Gasteiger partial charge is 0.334 e. The Labute approximate surface area is 195 Å². The topological polar surface area (TPSA) is 112 Å². The number of benzene rings is 2. The lowest BCUT2D eigenvalue weighted by atomic mass is 10.0. The number of halogens is 4. The third-order valence-corrected chi connectivity index (χ3v) is 5.24. The molecule has 0 atom stereocenters. The summed E-state index contributed by atoms with van der Waals surface area (Å²) in [6.07, 6.45) is 1.43. The molecule has 1 amide bonds. The van der Waals surface area contributed by atoms with E-state index in [4.69, 9.17) is 10.8 Å². The van der Waals surface area contributed by atoms with Crippen molar-refractivity contribution in [3.05, 3.63) is 76.9 Å². The summed E-state index contributed by atoms with van der Waals surface area (Å²) in [5.74, 6) is -8.37. The second-order valence-corrected chi connectivity index (χ2v) is 7.69. The number of amides is 1. The van der Waals surface area contributed by atoms with Gasteiger partial charge in [0, 0.05) is 36.8 Å². The zero-order valence-corrected chi connectivity index (χ0v) is 18.5. The highest BCUT2D eigenvalue weighted by molar-refractivity contribution is 5.95. The predicted molar refractivity (Wildman–Crippen MR) is 119 cm³/mol. The van der Waals surface area contributed by atoms with Crippen LogP contribution in [0.1, 0.15) is 22.8 Å². The van der Waals surface area contributed by atoms with E-state index in [1.54, 1.807) is 14.0 Å². The molecule has 0 fully saturated rings. The van der Waals surface area contributed by atoms with Gasteiger partial charge in [-0.1, -0.05) is 6.07 Å². The maximum Gasteiger partial charge on any atom is 0.334 e. The van der Waals surface area contributed by atoms with Crippen LogP contribution in [-0.2, 0) is 13.0 Å². The first-order chi connectivity index (χ1) is 16.5. The van der Waals surface area contributed by atoms with Gasteiger partial charge >= 0.3 is 5.92 Å². The lowest BCUT2D eigenvalue weighted by Gasteiger charge is -2.20. The Morgan fingerprint density at radius 1 is 1.09 bits per heavy atom. The molecule has 0 aliphatic heterocycles. The summed E-state index contributed by atoms with van der Waals surface area (Å²) in [4.78, 5) is 11.9. The van der Waals surface area contributed by atoms with Gasteiger partial charge in [-0.05, 0) is 37.3 Å². The molecule has 0 aliphatic rings. The molecule has 0 unspecified atom stereocenters. The van der Waals surface area contributed by atoms with Crippen molar-refractivity contribution in [1.29, 1.82) is 10.8 Å². The van der Waals surface area contributed by atoms with Crippen LogP contribution in [0.4, 0.5) is 17.6 Å². The maximum atomic E-state index is 15.3. The van der Waals surface area contributed by atoms with Crippen molar-refractivity contribution < 1.29 is 22.4 Å².